The van der Waals surface area contributed by atoms with Gasteiger partial charge in [0, 0.05) is 37.4 Å². The van der Waals surface area contributed by atoms with Crippen LogP contribution in [0.5, 0.6) is 0 Å². The summed E-state index contributed by atoms with van der Waals surface area (Å²) < 4.78 is 0. The van der Waals surface area contributed by atoms with E-state index < -0.39 is 4.92 Å². The predicted octanol–water partition coefficient (Wildman–Crippen LogP) is 2.85. The van der Waals surface area contributed by atoms with Crippen LogP contribution in [-0.4, -0.2) is 29.0 Å². The van der Waals surface area contributed by atoms with Crippen molar-refractivity contribution in [3.05, 3.63) is 33.9 Å². The third-order valence-electron chi connectivity index (χ3n) is 4.33. The number of rotatable bonds is 6. The van der Waals surface area contributed by atoms with Crippen LogP contribution in [0.3, 0.4) is 0 Å². The Morgan fingerprint density at radius 1 is 1.46 bits per heavy atom. The molecule has 8 nitrogen and oxygen atoms in total. The molecule has 0 spiro atoms. The fourth-order valence-electron chi connectivity index (χ4n) is 2.89. The minimum atomic E-state index is -0.489. The molecule has 8 heteroatoms. The summed E-state index contributed by atoms with van der Waals surface area (Å²) in [6.07, 6.45) is 1.02. The molecular weight excluding hydrogens is 336 g/mol. The zero-order valence-electron chi connectivity index (χ0n) is 15.5. The highest BCUT2D eigenvalue weighted by molar-refractivity contribution is 6.07. The second-order valence-electron chi connectivity index (χ2n) is 6.95. The van der Waals surface area contributed by atoms with Gasteiger partial charge in [0.05, 0.1) is 10.6 Å². The molecule has 140 valence electrons. The van der Waals surface area contributed by atoms with Crippen molar-refractivity contribution in [2.75, 3.05) is 11.4 Å². The molecule has 1 N–H and O–H groups in total. The van der Waals surface area contributed by atoms with E-state index in [-0.39, 0.29) is 35.5 Å². The van der Waals surface area contributed by atoms with Gasteiger partial charge in [-0.3, -0.25) is 19.7 Å². The third kappa shape index (κ3) is 4.44. The number of hydrogen-bond acceptors (Lipinski definition) is 5. The van der Waals surface area contributed by atoms with E-state index in [0.717, 1.165) is 6.42 Å². The first-order valence-corrected chi connectivity index (χ1v) is 8.64. The molecule has 26 heavy (non-hydrogen) atoms. The first-order valence-electron chi connectivity index (χ1n) is 8.64. The number of amides is 2. The maximum Gasteiger partial charge on any atom is 0.293 e. The first-order chi connectivity index (χ1) is 12.2. The summed E-state index contributed by atoms with van der Waals surface area (Å²) in [5, 5.41) is 15.7. The van der Waals surface area contributed by atoms with Crippen molar-refractivity contribution in [3.63, 3.8) is 0 Å². The van der Waals surface area contributed by atoms with Crippen molar-refractivity contribution >= 4 is 28.9 Å². The number of nitrogens with one attached hydrogen (secondary N) is 1. The molecule has 1 aliphatic heterocycles. The van der Waals surface area contributed by atoms with Crippen LogP contribution in [0.1, 0.15) is 46.1 Å². The topological polar surface area (TPSA) is 105 Å². The number of carbonyl (C=O) groups excluding carboxylic acids is 2. The highest BCUT2D eigenvalue weighted by Gasteiger charge is 2.27. The molecule has 1 aromatic carbocycles. The van der Waals surface area contributed by atoms with Crippen LogP contribution in [0.4, 0.5) is 11.4 Å². The third-order valence-corrected chi connectivity index (χ3v) is 4.33. The van der Waals surface area contributed by atoms with Gasteiger partial charge in [0.1, 0.15) is 5.69 Å². The number of nitro benzene ring substituents is 1. The molecule has 0 fully saturated rings. The van der Waals surface area contributed by atoms with E-state index in [1.807, 2.05) is 20.8 Å². The Labute approximate surface area is 152 Å². The standard InChI is InChI=1S/C18H24N4O4/c1-11(2)7-8-21(13(4)23)15-6-5-14(10-16(15)22(25)26)18-12(3)9-17(24)19-20-18/h5-6,10-12H,7-9H2,1-4H3,(H,19,24). The second-order valence-corrected chi connectivity index (χ2v) is 6.95. The normalized spacial score (nSPS) is 16.9. The number of nitrogens with zero attached hydrogens (tertiary/aromatic N) is 3. The largest absolute Gasteiger partial charge is 0.307 e. The Kier molecular flexibility index (Phi) is 6.07. The van der Waals surface area contributed by atoms with Crippen LogP contribution < -0.4 is 10.3 Å². The average Bonchev–Trinajstić information content (AvgIpc) is 2.54. The molecule has 1 aromatic rings. The van der Waals surface area contributed by atoms with Gasteiger partial charge in [-0.05, 0) is 18.4 Å². The summed E-state index contributed by atoms with van der Waals surface area (Å²) in [5.74, 6) is -0.184. The predicted molar refractivity (Wildman–Crippen MR) is 99.0 cm³/mol. The molecule has 0 radical (unpaired) electrons. The van der Waals surface area contributed by atoms with E-state index in [1.54, 1.807) is 12.1 Å². The van der Waals surface area contributed by atoms with Gasteiger partial charge in [-0.2, -0.15) is 5.10 Å². The zero-order chi connectivity index (χ0) is 19.4. The van der Waals surface area contributed by atoms with Crippen molar-refractivity contribution in [1.29, 1.82) is 0 Å². The lowest BCUT2D eigenvalue weighted by Crippen LogP contribution is -2.32. The van der Waals surface area contributed by atoms with Crippen molar-refractivity contribution in [2.24, 2.45) is 16.9 Å². The Hall–Kier alpha value is -2.77. The highest BCUT2D eigenvalue weighted by Crippen LogP contribution is 2.31. The molecule has 2 rings (SSSR count). The molecule has 0 aromatic heterocycles. The molecule has 1 aliphatic rings. The van der Waals surface area contributed by atoms with Gasteiger partial charge in [0.15, 0.2) is 0 Å². The Morgan fingerprint density at radius 2 is 2.15 bits per heavy atom. The number of nitro groups is 1. The van der Waals surface area contributed by atoms with Gasteiger partial charge in [-0.1, -0.05) is 26.8 Å². The number of hydrazone groups is 1. The molecular formula is C18H24N4O4. The molecule has 1 unspecified atom stereocenters. The lowest BCUT2D eigenvalue weighted by atomic mass is 9.93. The maximum atomic E-state index is 12.0. The number of hydrogen-bond donors (Lipinski definition) is 1. The number of anilines is 1. The summed E-state index contributed by atoms with van der Waals surface area (Å²) in [6, 6.07) is 4.72. The lowest BCUT2D eigenvalue weighted by molar-refractivity contribution is -0.384. The van der Waals surface area contributed by atoms with Crippen LogP contribution in [0.25, 0.3) is 0 Å². The van der Waals surface area contributed by atoms with Gasteiger partial charge in [0.25, 0.3) is 5.69 Å². The second kappa shape index (κ2) is 8.07. The van der Waals surface area contributed by atoms with E-state index >= 15 is 0 Å². The Bertz CT molecular complexity index is 758. The molecule has 0 saturated heterocycles. The zero-order valence-corrected chi connectivity index (χ0v) is 15.5. The van der Waals surface area contributed by atoms with Crippen molar-refractivity contribution in [1.82, 2.24) is 5.43 Å². The fraction of sp³-hybridized carbons (Fsp3) is 0.500. The van der Waals surface area contributed by atoms with E-state index in [1.165, 1.54) is 17.9 Å². The summed E-state index contributed by atoms with van der Waals surface area (Å²) in [5.41, 5.74) is 3.71. The van der Waals surface area contributed by atoms with Gasteiger partial charge < -0.3 is 4.90 Å². The summed E-state index contributed by atoms with van der Waals surface area (Å²) in [6.45, 7) is 7.74. The maximum absolute atomic E-state index is 12.0. The van der Waals surface area contributed by atoms with Gasteiger partial charge >= 0.3 is 0 Å². The highest BCUT2D eigenvalue weighted by atomic mass is 16.6. The number of carbonyl (C=O) groups is 2. The first kappa shape index (κ1) is 19.6. The Morgan fingerprint density at radius 3 is 2.69 bits per heavy atom. The van der Waals surface area contributed by atoms with Crippen LogP contribution >= 0.6 is 0 Å². The van der Waals surface area contributed by atoms with Crippen molar-refractivity contribution in [3.8, 4) is 0 Å². The van der Waals surface area contributed by atoms with Crippen molar-refractivity contribution in [2.45, 2.75) is 40.5 Å². The van der Waals surface area contributed by atoms with E-state index in [9.17, 15) is 19.7 Å². The van der Waals surface area contributed by atoms with Crippen LogP contribution in [0, 0.1) is 22.0 Å². The molecule has 0 aliphatic carbocycles. The van der Waals surface area contributed by atoms with Crippen LogP contribution in [-0.2, 0) is 9.59 Å². The average molecular weight is 360 g/mol. The SMILES string of the molecule is CC(=O)N(CCC(C)C)c1ccc(C2=NNC(=O)CC2C)cc1[N+](=O)[O-]. The summed E-state index contributed by atoms with van der Waals surface area (Å²) in [7, 11) is 0. The van der Waals surface area contributed by atoms with Crippen molar-refractivity contribution < 1.29 is 14.5 Å². The Balaban J connectivity index is 2.44. The lowest BCUT2D eigenvalue weighted by Gasteiger charge is -2.23. The fourth-order valence-corrected chi connectivity index (χ4v) is 2.89. The van der Waals surface area contributed by atoms with E-state index in [4.69, 9.17) is 0 Å². The minimum absolute atomic E-state index is 0.140. The van der Waals surface area contributed by atoms with Gasteiger partial charge in [0.2, 0.25) is 11.8 Å². The summed E-state index contributed by atoms with van der Waals surface area (Å²) >= 11 is 0. The van der Waals surface area contributed by atoms with Gasteiger partial charge in [-0.25, -0.2) is 5.43 Å². The molecule has 0 bridgehead atoms. The summed E-state index contributed by atoms with van der Waals surface area (Å²) in [4.78, 5) is 36.0. The monoisotopic (exact) mass is 360 g/mol. The minimum Gasteiger partial charge on any atom is -0.307 e. The smallest absolute Gasteiger partial charge is 0.293 e. The molecule has 2 amide bonds. The number of benzene rings is 1. The molecule has 1 heterocycles. The van der Waals surface area contributed by atoms with Crippen LogP contribution in [0.15, 0.2) is 23.3 Å². The molecule has 0 saturated carbocycles. The van der Waals surface area contributed by atoms with Gasteiger partial charge in [-0.15, -0.1) is 0 Å². The van der Waals surface area contributed by atoms with E-state index in [0.29, 0.717) is 23.7 Å². The van der Waals surface area contributed by atoms with Crippen LogP contribution in [0.2, 0.25) is 0 Å². The molecule has 1 atom stereocenters. The van der Waals surface area contributed by atoms with E-state index in [2.05, 4.69) is 10.5 Å². The quantitative estimate of drug-likeness (QED) is 0.622.